The van der Waals surface area contributed by atoms with Crippen LogP contribution in [0.25, 0.3) is 11.4 Å². The van der Waals surface area contributed by atoms with Gasteiger partial charge in [-0.3, -0.25) is 0 Å². The molecule has 2 aromatic heterocycles. The minimum absolute atomic E-state index is 0.184. The summed E-state index contributed by atoms with van der Waals surface area (Å²) >= 11 is 0. The van der Waals surface area contributed by atoms with Crippen molar-refractivity contribution in [3.8, 4) is 29.1 Å². The molecule has 2 N–H and O–H groups in total. The van der Waals surface area contributed by atoms with Gasteiger partial charge in [0.25, 0.3) is 0 Å². The number of hydrogen-bond acceptors (Lipinski definition) is 8. The third kappa shape index (κ3) is 5.81. The van der Waals surface area contributed by atoms with Crippen molar-refractivity contribution in [1.82, 2.24) is 19.7 Å². The molecule has 0 fully saturated rings. The molecule has 0 saturated heterocycles. The number of nitriles is 1. The van der Waals surface area contributed by atoms with E-state index in [9.17, 15) is 5.26 Å². The number of benzene rings is 1. The normalized spacial score (nSPS) is 10.9. The summed E-state index contributed by atoms with van der Waals surface area (Å²) < 4.78 is 13.5. The third-order valence-corrected chi connectivity index (χ3v) is 4.80. The first-order valence-corrected chi connectivity index (χ1v) is 10.5. The average molecular weight is 436 g/mol. The van der Waals surface area contributed by atoms with E-state index in [2.05, 4.69) is 21.1 Å². The quantitative estimate of drug-likeness (QED) is 0.517. The molecule has 0 aliphatic carbocycles. The lowest BCUT2D eigenvalue weighted by Gasteiger charge is -2.16. The Hall–Kier alpha value is -3.48. The number of anilines is 1. The first-order valence-electron chi connectivity index (χ1n) is 10.5. The molecule has 32 heavy (non-hydrogen) atoms. The van der Waals surface area contributed by atoms with Crippen LogP contribution in [0.4, 0.5) is 5.82 Å². The van der Waals surface area contributed by atoms with E-state index in [1.165, 1.54) is 0 Å². The highest BCUT2D eigenvalue weighted by atomic mass is 16.5. The Morgan fingerprint density at radius 1 is 1.22 bits per heavy atom. The monoisotopic (exact) mass is 435 g/mol. The second-order valence-electron chi connectivity index (χ2n) is 7.68. The maximum absolute atomic E-state index is 9.35. The number of likely N-dealkylation sites (N-methyl/N-ethyl adjacent to an activating group) is 1. The summed E-state index contributed by atoms with van der Waals surface area (Å²) in [6, 6.07) is 9.19. The number of rotatable bonds is 10. The molecular formula is C23H29N7O2. The van der Waals surface area contributed by atoms with Gasteiger partial charge in [-0.25, -0.2) is 14.6 Å². The first-order chi connectivity index (χ1) is 15.4. The zero-order valence-electron chi connectivity index (χ0n) is 18.9. The van der Waals surface area contributed by atoms with E-state index in [1.54, 1.807) is 35.3 Å². The fourth-order valence-electron chi connectivity index (χ4n) is 3.02. The Labute approximate surface area is 188 Å². The van der Waals surface area contributed by atoms with E-state index in [-0.39, 0.29) is 6.10 Å². The third-order valence-electron chi connectivity index (χ3n) is 4.80. The molecule has 2 heterocycles. The van der Waals surface area contributed by atoms with E-state index in [1.807, 2.05) is 38.9 Å². The van der Waals surface area contributed by atoms with Crippen molar-refractivity contribution in [3.63, 3.8) is 0 Å². The standard InChI is InChI=1S/C23H29N7O2/c1-16(2)31-10-9-29(3)21-12-22(30(4)28-21)32-20-11-17(13-25)5-6-19(20)23-26-14-18(7-8-24)15-27-23/h5-6,11-12,14-16H,7-10,24H2,1-4H3. The van der Waals surface area contributed by atoms with Crippen LogP contribution in [0.15, 0.2) is 36.7 Å². The number of aryl methyl sites for hydroxylation is 1. The van der Waals surface area contributed by atoms with Crippen LogP contribution in [0.3, 0.4) is 0 Å². The zero-order valence-corrected chi connectivity index (χ0v) is 18.9. The molecule has 0 saturated carbocycles. The average Bonchev–Trinajstić information content (AvgIpc) is 3.14. The Balaban J connectivity index is 1.85. The largest absolute Gasteiger partial charge is 0.438 e. The van der Waals surface area contributed by atoms with Gasteiger partial charge >= 0.3 is 0 Å². The molecule has 0 atom stereocenters. The predicted molar refractivity (Wildman–Crippen MR) is 123 cm³/mol. The molecule has 9 nitrogen and oxygen atoms in total. The van der Waals surface area contributed by atoms with Gasteiger partial charge in [-0.1, -0.05) is 0 Å². The van der Waals surface area contributed by atoms with Crippen LogP contribution in [-0.4, -0.2) is 52.6 Å². The molecule has 9 heteroatoms. The Morgan fingerprint density at radius 2 is 1.97 bits per heavy atom. The molecule has 0 aliphatic rings. The second-order valence-corrected chi connectivity index (χ2v) is 7.68. The molecule has 0 bridgehead atoms. The van der Waals surface area contributed by atoms with Gasteiger partial charge in [0.1, 0.15) is 5.75 Å². The maximum atomic E-state index is 9.35. The predicted octanol–water partition coefficient (Wildman–Crippen LogP) is 2.90. The smallest absolute Gasteiger partial charge is 0.219 e. The zero-order chi connectivity index (χ0) is 23.1. The van der Waals surface area contributed by atoms with E-state index < -0.39 is 0 Å². The van der Waals surface area contributed by atoms with Crippen LogP contribution >= 0.6 is 0 Å². The topological polar surface area (TPSA) is 115 Å². The molecule has 168 valence electrons. The van der Waals surface area contributed by atoms with E-state index in [0.29, 0.717) is 54.7 Å². The lowest BCUT2D eigenvalue weighted by Crippen LogP contribution is -2.24. The van der Waals surface area contributed by atoms with Crippen LogP contribution in [0.2, 0.25) is 0 Å². The van der Waals surface area contributed by atoms with Crippen LogP contribution in [-0.2, 0) is 18.2 Å². The van der Waals surface area contributed by atoms with Gasteiger partial charge in [-0.2, -0.15) is 10.4 Å². The Kier molecular flexibility index (Phi) is 7.76. The molecule has 0 amide bonds. The van der Waals surface area contributed by atoms with E-state index in [4.69, 9.17) is 15.2 Å². The fraction of sp³-hybridized carbons (Fsp3) is 0.391. The molecule has 1 aromatic carbocycles. The van der Waals surface area contributed by atoms with E-state index >= 15 is 0 Å². The summed E-state index contributed by atoms with van der Waals surface area (Å²) in [5.41, 5.74) is 7.74. The maximum Gasteiger partial charge on any atom is 0.219 e. The Bertz CT molecular complexity index is 1070. The number of hydrogen-bond donors (Lipinski definition) is 1. The number of ether oxygens (including phenoxy) is 2. The highest BCUT2D eigenvalue weighted by molar-refractivity contribution is 5.66. The first kappa shape index (κ1) is 23.2. The summed E-state index contributed by atoms with van der Waals surface area (Å²) in [5.74, 6) is 2.29. The highest BCUT2D eigenvalue weighted by Gasteiger charge is 2.16. The van der Waals surface area contributed by atoms with Gasteiger partial charge in [0.05, 0.1) is 29.9 Å². The molecular weight excluding hydrogens is 406 g/mol. The van der Waals surface area contributed by atoms with Gasteiger partial charge in [0, 0.05) is 39.1 Å². The van der Waals surface area contributed by atoms with Gasteiger partial charge in [-0.15, -0.1) is 0 Å². The number of nitrogens with two attached hydrogens (primary N) is 1. The minimum Gasteiger partial charge on any atom is -0.438 e. The highest BCUT2D eigenvalue weighted by Crippen LogP contribution is 2.33. The lowest BCUT2D eigenvalue weighted by atomic mass is 10.1. The molecule has 0 aliphatic heterocycles. The number of aromatic nitrogens is 4. The molecule has 3 aromatic rings. The van der Waals surface area contributed by atoms with Crippen molar-refractivity contribution in [3.05, 3.63) is 47.8 Å². The van der Waals surface area contributed by atoms with Crippen LogP contribution in [0, 0.1) is 11.3 Å². The lowest BCUT2D eigenvalue weighted by molar-refractivity contribution is 0.0845. The molecule has 0 unspecified atom stereocenters. The van der Waals surface area contributed by atoms with Crippen LogP contribution in [0.5, 0.6) is 11.6 Å². The van der Waals surface area contributed by atoms with Crippen molar-refractivity contribution < 1.29 is 9.47 Å². The Morgan fingerprint density at radius 3 is 2.62 bits per heavy atom. The van der Waals surface area contributed by atoms with Crippen molar-refractivity contribution in [1.29, 1.82) is 5.26 Å². The number of nitrogens with zero attached hydrogens (tertiary/aromatic N) is 6. The second kappa shape index (κ2) is 10.7. The SMILES string of the molecule is CC(C)OCCN(C)c1cc(Oc2cc(C#N)ccc2-c2ncc(CCN)cn2)n(C)n1. The summed E-state index contributed by atoms with van der Waals surface area (Å²) in [7, 11) is 3.76. The van der Waals surface area contributed by atoms with Crippen molar-refractivity contribution >= 4 is 5.82 Å². The van der Waals surface area contributed by atoms with Gasteiger partial charge < -0.3 is 20.1 Å². The summed E-state index contributed by atoms with van der Waals surface area (Å²) in [4.78, 5) is 10.9. The fourth-order valence-corrected chi connectivity index (χ4v) is 3.02. The van der Waals surface area contributed by atoms with Crippen molar-refractivity contribution in [2.75, 3.05) is 31.6 Å². The molecule has 3 rings (SSSR count). The molecule has 0 radical (unpaired) electrons. The van der Waals surface area contributed by atoms with E-state index in [0.717, 1.165) is 11.4 Å². The van der Waals surface area contributed by atoms with Gasteiger partial charge in [0.15, 0.2) is 11.6 Å². The summed E-state index contributed by atoms with van der Waals surface area (Å²) in [6.45, 7) is 5.86. The van der Waals surface area contributed by atoms with Gasteiger partial charge in [-0.05, 0) is 50.6 Å². The van der Waals surface area contributed by atoms with Crippen molar-refractivity contribution in [2.24, 2.45) is 12.8 Å². The minimum atomic E-state index is 0.184. The summed E-state index contributed by atoms with van der Waals surface area (Å²) in [5, 5.41) is 13.9. The van der Waals surface area contributed by atoms with Crippen molar-refractivity contribution in [2.45, 2.75) is 26.4 Å². The van der Waals surface area contributed by atoms with Gasteiger partial charge in [0.2, 0.25) is 5.88 Å². The van der Waals surface area contributed by atoms with Crippen LogP contribution < -0.4 is 15.4 Å². The summed E-state index contributed by atoms with van der Waals surface area (Å²) in [6.07, 6.45) is 4.41. The van der Waals surface area contributed by atoms with Crippen LogP contribution in [0.1, 0.15) is 25.0 Å². The molecule has 0 spiro atoms.